The third kappa shape index (κ3) is 5.26. The molecule has 184 valence electrons. The molecule has 0 spiro atoms. The molecule has 0 saturated carbocycles. The fraction of sp³-hybridized carbons (Fsp3) is 0.379. The minimum atomic E-state index is -0.382. The lowest BCUT2D eigenvalue weighted by Gasteiger charge is -2.39. The number of aryl methyl sites for hydroxylation is 1. The summed E-state index contributed by atoms with van der Waals surface area (Å²) in [5, 5.41) is 3.03. The standard InChI is InChI=1S/C29H36N4O2/c1-6-7-17-31(28(35)30-29(3,4)5)20-26(34)33-24-15-9-8-14-23(24)32-18-11-16-25(32)27(33)22-13-10-12-21(2)19-22/h8-16,18-19,27H,6-7,17,20H2,1-5H3,(H,30,35). The molecular formula is C29H36N4O2. The van der Waals surface area contributed by atoms with Gasteiger partial charge < -0.3 is 14.8 Å². The maximum absolute atomic E-state index is 14.1. The molecule has 1 aromatic heterocycles. The van der Waals surface area contributed by atoms with Crippen molar-refractivity contribution in [1.29, 1.82) is 0 Å². The van der Waals surface area contributed by atoms with Crippen molar-refractivity contribution in [3.63, 3.8) is 0 Å². The van der Waals surface area contributed by atoms with Crippen LogP contribution >= 0.6 is 0 Å². The molecule has 0 fully saturated rings. The summed E-state index contributed by atoms with van der Waals surface area (Å²) in [6.45, 7) is 10.6. The van der Waals surface area contributed by atoms with Crippen molar-refractivity contribution in [2.24, 2.45) is 0 Å². The minimum Gasteiger partial charge on any atom is -0.333 e. The van der Waals surface area contributed by atoms with Crippen LogP contribution in [-0.2, 0) is 4.79 Å². The first-order valence-corrected chi connectivity index (χ1v) is 12.4. The Morgan fingerprint density at radius 1 is 1.00 bits per heavy atom. The maximum Gasteiger partial charge on any atom is 0.318 e. The molecule has 0 radical (unpaired) electrons. The quantitative estimate of drug-likeness (QED) is 0.491. The topological polar surface area (TPSA) is 57.6 Å². The summed E-state index contributed by atoms with van der Waals surface area (Å²) < 4.78 is 2.16. The normalized spacial score (nSPS) is 14.8. The van der Waals surface area contributed by atoms with Gasteiger partial charge in [-0.1, -0.05) is 55.3 Å². The number of nitrogens with one attached hydrogen (secondary N) is 1. The Morgan fingerprint density at radius 3 is 2.43 bits per heavy atom. The van der Waals surface area contributed by atoms with Crippen molar-refractivity contribution >= 4 is 17.6 Å². The highest BCUT2D eigenvalue weighted by Crippen LogP contribution is 2.42. The van der Waals surface area contributed by atoms with E-state index in [9.17, 15) is 9.59 Å². The molecule has 1 aliphatic rings. The number of anilines is 1. The molecule has 2 heterocycles. The number of hydrogen-bond donors (Lipinski definition) is 1. The van der Waals surface area contributed by atoms with Gasteiger partial charge in [-0.2, -0.15) is 0 Å². The summed E-state index contributed by atoms with van der Waals surface area (Å²) in [5.41, 5.74) is 4.64. The minimum absolute atomic E-state index is 0.0132. The van der Waals surface area contributed by atoms with E-state index in [1.165, 1.54) is 0 Å². The molecule has 2 aromatic carbocycles. The van der Waals surface area contributed by atoms with E-state index < -0.39 is 0 Å². The van der Waals surface area contributed by atoms with E-state index in [0.717, 1.165) is 41.0 Å². The van der Waals surface area contributed by atoms with Gasteiger partial charge in [-0.15, -0.1) is 0 Å². The summed E-state index contributed by atoms with van der Waals surface area (Å²) in [5.74, 6) is -0.100. The van der Waals surface area contributed by atoms with Gasteiger partial charge >= 0.3 is 6.03 Å². The molecule has 3 amide bonds. The summed E-state index contributed by atoms with van der Waals surface area (Å²) >= 11 is 0. The lowest BCUT2D eigenvalue weighted by Crippen LogP contribution is -2.52. The van der Waals surface area contributed by atoms with Crippen molar-refractivity contribution in [3.8, 4) is 5.69 Å². The largest absolute Gasteiger partial charge is 0.333 e. The molecule has 4 rings (SSSR count). The van der Waals surface area contributed by atoms with Gasteiger partial charge in [0.25, 0.3) is 0 Å². The van der Waals surface area contributed by atoms with Crippen LogP contribution in [0.1, 0.15) is 63.4 Å². The van der Waals surface area contributed by atoms with E-state index in [2.05, 4.69) is 48.0 Å². The molecule has 6 heteroatoms. The second-order valence-corrected chi connectivity index (χ2v) is 10.3. The summed E-state index contributed by atoms with van der Waals surface area (Å²) in [7, 11) is 0. The van der Waals surface area contributed by atoms with Crippen molar-refractivity contribution in [2.45, 2.75) is 59.0 Å². The molecule has 1 atom stereocenters. The zero-order chi connectivity index (χ0) is 25.2. The van der Waals surface area contributed by atoms with E-state index >= 15 is 0 Å². The van der Waals surface area contributed by atoms with Gasteiger partial charge in [0.2, 0.25) is 5.91 Å². The van der Waals surface area contributed by atoms with Crippen molar-refractivity contribution in [2.75, 3.05) is 18.0 Å². The number of fused-ring (bicyclic) bond motifs is 3. The highest BCUT2D eigenvalue weighted by molar-refractivity contribution is 6.00. The zero-order valence-corrected chi connectivity index (χ0v) is 21.4. The number of para-hydroxylation sites is 2. The predicted molar refractivity (Wildman–Crippen MR) is 141 cm³/mol. The van der Waals surface area contributed by atoms with Crippen LogP contribution in [0.2, 0.25) is 0 Å². The van der Waals surface area contributed by atoms with Crippen LogP contribution < -0.4 is 10.2 Å². The number of unbranched alkanes of at least 4 members (excludes halogenated alkanes) is 1. The predicted octanol–water partition coefficient (Wildman–Crippen LogP) is 5.83. The van der Waals surface area contributed by atoms with Crippen molar-refractivity contribution in [3.05, 3.63) is 83.7 Å². The summed E-state index contributed by atoms with van der Waals surface area (Å²) in [6, 6.07) is 19.9. The summed E-state index contributed by atoms with van der Waals surface area (Å²) in [4.78, 5) is 30.8. The van der Waals surface area contributed by atoms with E-state index in [-0.39, 0.29) is 30.1 Å². The van der Waals surface area contributed by atoms with Crippen LogP contribution in [0.15, 0.2) is 66.9 Å². The van der Waals surface area contributed by atoms with E-state index in [0.29, 0.717) is 6.54 Å². The molecular weight excluding hydrogens is 436 g/mol. The van der Waals surface area contributed by atoms with Gasteiger partial charge in [-0.3, -0.25) is 9.69 Å². The van der Waals surface area contributed by atoms with Crippen LogP contribution in [-0.4, -0.2) is 40.0 Å². The number of hydrogen-bond acceptors (Lipinski definition) is 2. The third-order valence-electron chi connectivity index (χ3n) is 6.22. The number of amides is 3. The molecule has 1 aliphatic heterocycles. The number of carbonyl (C=O) groups is 2. The molecule has 1 N–H and O–H groups in total. The molecule has 0 aliphatic carbocycles. The van der Waals surface area contributed by atoms with Gasteiger partial charge in [0.05, 0.1) is 17.1 Å². The Morgan fingerprint density at radius 2 is 1.74 bits per heavy atom. The first kappa shape index (κ1) is 24.6. The lowest BCUT2D eigenvalue weighted by molar-refractivity contribution is -0.119. The Hall–Kier alpha value is -3.54. The summed E-state index contributed by atoms with van der Waals surface area (Å²) in [6.07, 6.45) is 3.83. The second kappa shape index (κ2) is 9.98. The zero-order valence-electron chi connectivity index (χ0n) is 21.4. The van der Waals surface area contributed by atoms with Crippen LogP contribution in [0.25, 0.3) is 5.69 Å². The third-order valence-corrected chi connectivity index (χ3v) is 6.22. The van der Waals surface area contributed by atoms with Gasteiger partial charge in [0.15, 0.2) is 0 Å². The van der Waals surface area contributed by atoms with Crippen LogP contribution in [0.4, 0.5) is 10.5 Å². The fourth-order valence-corrected chi connectivity index (χ4v) is 4.66. The molecule has 6 nitrogen and oxygen atoms in total. The van der Waals surface area contributed by atoms with Gasteiger partial charge in [0.1, 0.15) is 12.6 Å². The van der Waals surface area contributed by atoms with E-state index in [4.69, 9.17) is 0 Å². The number of aromatic nitrogens is 1. The number of benzene rings is 2. The highest BCUT2D eigenvalue weighted by atomic mass is 16.2. The SMILES string of the molecule is CCCCN(CC(=O)N1c2ccccc2-n2cccc2C1c1cccc(C)c1)C(=O)NC(C)(C)C. The molecule has 1 unspecified atom stereocenters. The van der Waals surface area contributed by atoms with Crippen LogP contribution in [0.3, 0.4) is 0 Å². The van der Waals surface area contributed by atoms with Crippen molar-refractivity contribution < 1.29 is 9.59 Å². The van der Waals surface area contributed by atoms with Gasteiger partial charge in [-0.25, -0.2) is 4.79 Å². The average molecular weight is 473 g/mol. The molecule has 0 saturated heterocycles. The van der Waals surface area contributed by atoms with Gasteiger partial charge in [-0.05, 0) is 63.9 Å². The number of urea groups is 1. The molecule has 0 bridgehead atoms. The Balaban J connectivity index is 1.76. The average Bonchev–Trinajstić information content (AvgIpc) is 3.29. The Kier molecular flexibility index (Phi) is 7.01. The second-order valence-electron chi connectivity index (χ2n) is 10.3. The fourth-order valence-electron chi connectivity index (χ4n) is 4.66. The Labute approximate surface area is 208 Å². The van der Waals surface area contributed by atoms with E-state index in [1.54, 1.807) is 4.90 Å². The van der Waals surface area contributed by atoms with Crippen LogP contribution in [0.5, 0.6) is 0 Å². The first-order chi connectivity index (χ1) is 16.7. The smallest absolute Gasteiger partial charge is 0.318 e. The monoisotopic (exact) mass is 472 g/mol. The highest BCUT2D eigenvalue weighted by Gasteiger charge is 2.37. The first-order valence-electron chi connectivity index (χ1n) is 12.4. The molecule has 3 aromatic rings. The van der Waals surface area contributed by atoms with Crippen LogP contribution in [0, 0.1) is 6.92 Å². The lowest BCUT2D eigenvalue weighted by atomic mass is 9.96. The van der Waals surface area contributed by atoms with E-state index in [1.807, 2.05) is 68.3 Å². The molecule has 35 heavy (non-hydrogen) atoms. The Bertz CT molecular complexity index is 1210. The number of rotatable bonds is 6. The maximum atomic E-state index is 14.1. The van der Waals surface area contributed by atoms with Crippen molar-refractivity contribution in [1.82, 2.24) is 14.8 Å². The number of carbonyl (C=O) groups excluding carboxylic acids is 2. The van der Waals surface area contributed by atoms with Gasteiger partial charge in [0, 0.05) is 18.3 Å². The number of nitrogens with zero attached hydrogens (tertiary/aromatic N) is 3.